The molecule has 0 bridgehead atoms. The zero-order valence-electron chi connectivity index (χ0n) is 11.7. The fourth-order valence-corrected chi connectivity index (χ4v) is 3.38. The molecule has 0 aromatic heterocycles. The Morgan fingerprint density at radius 1 is 1.28 bits per heavy atom. The average molecular weight is 253 g/mol. The van der Waals surface area contributed by atoms with E-state index in [4.69, 9.17) is 5.11 Å². The minimum atomic E-state index is -0.617. The summed E-state index contributed by atoms with van der Waals surface area (Å²) >= 11 is 0. The molecule has 2 N–H and O–H groups in total. The van der Waals surface area contributed by atoms with Crippen LogP contribution >= 0.6 is 0 Å². The second-order valence-corrected chi connectivity index (χ2v) is 6.89. The lowest BCUT2D eigenvalue weighted by Crippen LogP contribution is -2.37. The normalized spacial score (nSPS) is 29.2. The molecule has 0 spiro atoms. The van der Waals surface area contributed by atoms with Gasteiger partial charge in [0.2, 0.25) is 0 Å². The van der Waals surface area contributed by atoms with E-state index in [-0.39, 0.29) is 5.92 Å². The molecule has 0 radical (unpaired) electrons. The van der Waals surface area contributed by atoms with E-state index in [0.717, 1.165) is 25.4 Å². The summed E-state index contributed by atoms with van der Waals surface area (Å²) in [5, 5.41) is 12.4. The van der Waals surface area contributed by atoms with Crippen LogP contribution in [0.4, 0.5) is 0 Å². The van der Waals surface area contributed by atoms with Gasteiger partial charge < -0.3 is 10.4 Å². The van der Waals surface area contributed by atoms with Crippen molar-refractivity contribution in [1.82, 2.24) is 5.32 Å². The van der Waals surface area contributed by atoms with Crippen molar-refractivity contribution < 1.29 is 9.90 Å². The molecule has 0 aromatic rings. The Hall–Kier alpha value is -0.570. The maximum atomic E-state index is 10.8. The van der Waals surface area contributed by atoms with Gasteiger partial charge in [0, 0.05) is 6.54 Å². The van der Waals surface area contributed by atoms with Crippen LogP contribution in [0.15, 0.2) is 0 Å². The Morgan fingerprint density at radius 2 is 1.94 bits per heavy atom. The lowest BCUT2D eigenvalue weighted by atomic mass is 9.71. The fraction of sp³-hybridized carbons (Fsp3) is 0.933. The molecule has 2 atom stereocenters. The summed E-state index contributed by atoms with van der Waals surface area (Å²) in [6.07, 6.45) is 7.79. The maximum absolute atomic E-state index is 10.8. The van der Waals surface area contributed by atoms with E-state index >= 15 is 0 Å². The van der Waals surface area contributed by atoms with Gasteiger partial charge in [-0.15, -0.1) is 0 Å². The number of rotatable bonds is 6. The van der Waals surface area contributed by atoms with Crippen LogP contribution in [0, 0.1) is 23.2 Å². The van der Waals surface area contributed by atoms with Crippen LogP contribution in [-0.2, 0) is 4.79 Å². The largest absolute Gasteiger partial charge is 0.481 e. The molecule has 0 aromatic carbocycles. The van der Waals surface area contributed by atoms with E-state index in [2.05, 4.69) is 19.2 Å². The molecule has 2 rings (SSSR count). The van der Waals surface area contributed by atoms with Crippen LogP contribution < -0.4 is 5.32 Å². The molecule has 2 unspecified atom stereocenters. The van der Waals surface area contributed by atoms with Crippen molar-refractivity contribution in [3.05, 3.63) is 0 Å². The van der Waals surface area contributed by atoms with Crippen LogP contribution in [-0.4, -0.2) is 24.2 Å². The summed E-state index contributed by atoms with van der Waals surface area (Å²) in [6.45, 7) is 6.63. The summed E-state index contributed by atoms with van der Waals surface area (Å²) in [7, 11) is 0. The van der Waals surface area contributed by atoms with Crippen LogP contribution in [0.1, 0.15) is 52.4 Å². The number of aliphatic carboxylic acids is 1. The second-order valence-electron chi connectivity index (χ2n) is 6.89. The van der Waals surface area contributed by atoms with Gasteiger partial charge in [0.05, 0.1) is 5.92 Å². The molecule has 0 aliphatic heterocycles. The SMILES string of the molecule is CC(C)(CNCC1CC1C(=O)O)C1CCCCC1. The number of carboxylic acids is 1. The third-order valence-corrected chi connectivity index (χ3v) is 4.94. The van der Waals surface area contributed by atoms with Crippen molar-refractivity contribution in [2.45, 2.75) is 52.4 Å². The third-order valence-electron chi connectivity index (χ3n) is 4.94. The Bertz CT molecular complexity index is 295. The summed E-state index contributed by atoms with van der Waals surface area (Å²) in [4.78, 5) is 10.8. The highest BCUT2D eigenvalue weighted by Crippen LogP contribution is 2.39. The van der Waals surface area contributed by atoms with Gasteiger partial charge in [-0.3, -0.25) is 4.79 Å². The molecular formula is C15H27NO2. The van der Waals surface area contributed by atoms with Gasteiger partial charge in [0.1, 0.15) is 0 Å². The third kappa shape index (κ3) is 3.47. The minimum absolute atomic E-state index is 0.0738. The lowest BCUT2D eigenvalue weighted by molar-refractivity contribution is -0.138. The van der Waals surface area contributed by atoms with Gasteiger partial charge >= 0.3 is 5.97 Å². The van der Waals surface area contributed by atoms with E-state index in [9.17, 15) is 4.79 Å². The number of hydrogen-bond donors (Lipinski definition) is 2. The molecule has 104 valence electrons. The molecule has 0 heterocycles. The zero-order valence-corrected chi connectivity index (χ0v) is 11.7. The van der Waals surface area contributed by atoms with Crippen LogP contribution in [0.2, 0.25) is 0 Å². The first kappa shape index (κ1) is 13.9. The first-order valence-electron chi connectivity index (χ1n) is 7.44. The molecule has 3 heteroatoms. The van der Waals surface area contributed by atoms with Gasteiger partial charge in [-0.25, -0.2) is 0 Å². The number of carbonyl (C=O) groups is 1. The summed E-state index contributed by atoms with van der Waals surface area (Å²) < 4.78 is 0. The van der Waals surface area contributed by atoms with Gasteiger partial charge in [-0.2, -0.15) is 0 Å². The molecule has 0 saturated heterocycles. The van der Waals surface area contributed by atoms with Crippen LogP contribution in [0.3, 0.4) is 0 Å². The maximum Gasteiger partial charge on any atom is 0.306 e. The topological polar surface area (TPSA) is 49.3 Å². The minimum Gasteiger partial charge on any atom is -0.481 e. The van der Waals surface area contributed by atoms with Crippen LogP contribution in [0.25, 0.3) is 0 Å². The van der Waals surface area contributed by atoms with Gasteiger partial charge in [0.25, 0.3) is 0 Å². The Morgan fingerprint density at radius 3 is 2.50 bits per heavy atom. The average Bonchev–Trinajstić information content (AvgIpc) is 3.10. The Balaban J connectivity index is 1.67. The predicted octanol–water partition coefficient (Wildman–Crippen LogP) is 2.90. The molecule has 2 aliphatic carbocycles. The Kier molecular flexibility index (Phi) is 4.31. The summed E-state index contributed by atoms with van der Waals surface area (Å²) in [5.41, 5.74) is 0.355. The van der Waals surface area contributed by atoms with Crippen molar-refractivity contribution in [2.24, 2.45) is 23.2 Å². The molecule has 2 saturated carbocycles. The van der Waals surface area contributed by atoms with Gasteiger partial charge in [0.15, 0.2) is 0 Å². The predicted molar refractivity (Wildman–Crippen MR) is 72.5 cm³/mol. The molecular weight excluding hydrogens is 226 g/mol. The second kappa shape index (κ2) is 5.60. The van der Waals surface area contributed by atoms with Gasteiger partial charge in [-0.1, -0.05) is 33.1 Å². The number of hydrogen-bond acceptors (Lipinski definition) is 2. The molecule has 3 nitrogen and oxygen atoms in total. The number of carboxylic acid groups (broad SMARTS) is 1. The van der Waals surface area contributed by atoms with E-state index in [0.29, 0.717) is 11.3 Å². The van der Waals surface area contributed by atoms with Crippen molar-refractivity contribution in [3.63, 3.8) is 0 Å². The van der Waals surface area contributed by atoms with Crippen LogP contribution in [0.5, 0.6) is 0 Å². The first-order valence-corrected chi connectivity index (χ1v) is 7.44. The molecule has 2 aliphatic rings. The van der Waals surface area contributed by atoms with Gasteiger partial charge in [-0.05, 0) is 43.1 Å². The standard InChI is InChI=1S/C15H27NO2/c1-15(2,12-6-4-3-5-7-12)10-16-9-11-8-13(11)14(17)18/h11-13,16H,3-10H2,1-2H3,(H,17,18). The van der Waals surface area contributed by atoms with Crippen molar-refractivity contribution >= 4 is 5.97 Å². The van der Waals surface area contributed by atoms with E-state index in [1.54, 1.807) is 0 Å². The highest BCUT2D eigenvalue weighted by Gasteiger charge is 2.42. The number of nitrogens with one attached hydrogen (secondary N) is 1. The fourth-order valence-electron chi connectivity index (χ4n) is 3.38. The summed E-state index contributed by atoms with van der Waals surface area (Å²) in [6, 6.07) is 0. The van der Waals surface area contributed by atoms with Crippen molar-refractivity contribution in [3.8, 4) is 0 Å². The molecule has 2 fully saturated rings. The first-order chi connectivity index (χ1) is 8.50. The van der Waals surface area contributed by atoms with E-state index in [1.807, 2.05) is 0 Å². The summed E-state index contributed by atoms with van der Waals surface area (Å²) in [5.74, 6) is 0.529. The van der Waals surface area contributed by atoms with E-state index in [1.165, 1.54) is 32.1 Å². The van der Waals surface area contributed by atoms with Crippen molar-refractivity contribution in [2.75, 3.05) is 13.1 Å². The smallest absolute Gasteiger partial charge is 0.306 e. The zero-order chi connectivity index (χ0) is 13.2. The Labute approximate surface area is 110 Å². The lowest BCUT2D eigenvalue weighted by Gasteiger charge is -2.37. The molecule has 18 heavy (non-hydrogen) atoms. The van der Waals surface area contributed by atoms with E-state index < -0.39 is 5.97 Å². The monoisotopic (exact) mass is 253 g/mol. The highest BCUT2D eigenvalue weighted by atomic mass is 16.4. The quantitative estimate of drug-likeness (QED) is 0.765. The van der Waals surface area contributed by atoms with Crippen molar-refractivity contribution in [1.29, 1.82) is 0 Å². The highest BCUT2D eigenvalue weighted by molar-refractivity contribution is 5.73. The molecule has 0 amide bonds.